The standard InChI is InChI=1S/C15H22/c1-13(2)9-10-14(3)11-12-15-7-5-4-6-8-15/h4-10,13-14H,11-12H2,1-3H3/b10-9+/t14-/m0/s1. The molecule has 0 aliphatic carbocycles. The Bertz CT molecular complexity index is 282. The van der Waals surface area contributed by atoms with Gasteiger partial charge in [-0.2, -0.15) is 0 Å². The molecule has 0 N–H and O–H groups in total. The first-order valence-electron chi connectivity index (χ1n) is 5.90. The lowest BCUT2D eigenvalue weighted by molar-refractivity contribution is 0.640. The van der Waals surface area contributed by atoms with Crippen LogP contribution in [0.2, 0.25) is 0 Å². The van der Waals surface area contributed by atoms with Gasteiger partial charge in [0.1, 0.15) is 0 Å². The summed E-state index contributed by atoms with van der Waals surface area (Å²) in [6.45, 7) is 6.74. The summed E-state index contributed by atoms with van der Waals surface area (Å²) in [5.41, 5.74) is 1.45. The largest absolute Gasteiger partial charge is 0.0857 e. The maximum absolute atomic E-state index is 2.34. The molecule has 0 heterocycles. The average molecular weight is 202 g/mol. The Kier molecular flexibility index (Phi) is 5.17. The molecule has 0 unspecified atom stereocenters. The highest BCUT2D eigenvalue weighted by Crippen LogP contribution is 2.11. The Balaban J connectivity index is 2.31. The van der Waals surface area contributed by atoms with Crippen molar-refractivity contribution in [2.24, 2.45) is 11.8 Å². The molecule has 0 radical (unpaired) electrons. The van der Waals surface area contributed by atoms with Crippen LogP contribution in [0.25, 0.3) is 0 Å². The molecular weight excluding hydrogens is 180 g/mol. The first-order valence-corrected chi connectivity index (χ1v) is 5.90. The molecule has 0 fully saturated rings. The summed E-state index contributed by atoms with van der Waals surface area (Å²) in [6.07, 6.45) is 7.07. The van der Waals surface area contributed by atoms with E-state index in [1.807, 2.05) is 0 Å². The predicted molar refractivity (Wildman–Crippen MR) is 67.9 cm³/mol. The normalized spacial score (nSPS) is 13.6. The first-order chi connectivity index (χ1) is 7.18. The number of aryl methyl sites for hydroxylation is 1. The molecule has 0 heteroatoms. The zero-order chi connectivity index (χ0) is 11.1. The van der Waals surface area contributed by atoms with Gasteiger partial charge < -0.3 is 0 Å². The van der Waals surface area contributed by atoms with E-state index < -0.39 is 0 Å². The Labute approximate surface area is 94.0 Å². The van der Waals surface area contributed by atoms with Crippen LogP contribution in [-0.4, -0.2) is 0 Å². The fraction of sp³-hybridized carbons (Fsp3) is 0.467. The van der Waals surface area contributed by atoms with E-state index in [-0.39, 0.29) is 0 Å². The summed E-state index contributed by atoms with van der Waals surface area (Å²) < 4.78 is 0. The van der Waals surface area contributed by atoms with Crippen molar-refractivity contribution in [3.63, 3.8) is 0 Å². The second kappa shape index (κ2) is 6.44. The molecule has 1 atom stereocenters. The molecular formula is C15H22. The van der Waals surface area contributed by atoms with Gasteiger partial charge >= 0.3 is 0 Å². The Morgan fingerprint density at radius 2 is 1.67 bits per heavy atom. The summed E-state index contributed by atoms with van der Waals surface area (Å²) in [5, 5.41) is 0. The second-order valence-corrected chi connectivity index (χ2v) is 4.63. The van der Waals surface area contributed by atoms with Crippen molar-refractivity contribution in [2.45, 2.75) is 33.6 Å². The van der Waals surface area contributed by atoms with E-state index in [2.05, 4.69) is 63.3 Å². The fourth-order valence-electron chi connectivity index (χ4n) is 1.55. The van der Waals surface area contributed by atoms with Gasteiger partial charge in [-0.1, -0.05) is 63.3 Å². The molecule has 15 heavy (non-hydrogen) atoms. The molecule has 0 aromatic heterocycles. The minimum atomic E-state index is 0.671. The topological polar surface area (TPSA) is 0 Å². The first kappa shape index (κ1) is 12.0. The van der Waals surface area contributed by atoms with Crippen LogP contribution in [0.15, 0.2) is 42.5 Å². The van der Waals surface area contributed by atoms with Crippen molar-refractivity contribution >= 4 is 0 Å². The minimum Gasteiger partial charge on any atom is -0.0857 e. The van der Waals surface area contributed by atoms with Crippen molar-refractivity contribution in [3.8, 4) is 0 Å². The minimum absolute atomic E-state index is 0.671. The third-order valence-electron chi connectivity index (χ3n) is 2.56. The van der Waals surface area contributed by atoms with Gasteiger partial charge in [-0.25, -0.2) is 0 Å². The van der Waals surface area contributed by atoms with Gasteiger partial charge in [-0.05, 0) is 30.2 Å². The molecule has 0 spiro atoms. The van der Waals surface area contributed by atoms with Gasteiger partial charge in [0.15, 0.2) is 0 Å². The molecule has 0 nitrogen and oxygen atoms in total. The van der Waals surface area contributed by atoms with Gasteiger partial charge in [0.25, 0.3) is 0 Å². The number of benzene rings is 1. The van der Waals surface area contributed by atoms with Gasteiger partial charge in [0, 0.05) is 0 Å². The monoisotopic (exact) mass is 202 g/mol. The number of hydrogen-bond donors (Lipinski definition) is 0. The van der Waals surface area contributed by atoms with Crippen LogP contribution in [-0.2, 0) is 6.42 Å². The van der Waals surface area contributed by atoms with Crippen molar-refractivity contribution in [1.29, 1.82) is 0 Å². The van der Waals surface area contributed by atoms with Crippen molar-refractivity contribution in [2.75, 3.05) is 0 Å². The summed E-state index contributed by atoms with van der Waals surface area (Å²) in [7, 11) is 0. The lowest BCUT2D eigenvalue weighted by atomic mass is 9.99. The predicted octanol–water partition coefficient (Wildman–Crippen LogP) is 4.47. The van der Waals surface area contributed by atoms with E-state index in [0.717, 1.165) is 0 Å². The smallest absolute Gasteiger partial charge is 0.0259 e. The van der Waals surface area contributed by atoms with Crippen LogP contribution in [0.3, 0.4) is 0 Å². The summed E-state index contributed by atoms with van der Waals surface area (Å²) in [6, 6.07) is 10.7. The van der Waals surface area contributed by atoms with E-state index >= 15 is 0 Å². The van der Waals surface area contributed by atoms with Crippen LogP contribution in [0.5, 0.6) is 0 Å². The third-order valence-corrected chi connectivity index (χ3v) is 2.56. The Morgan fingerprint density at radius 3 is 2.27 bits per heavy atom. The molecule has 1 aromatic carbocycles. The van der Waals surface area contributed by atoms with Crippen LogP contribution in [0, 0.1) is 11.8 Å². The SMILES string of the molecule is CC(C)/C=C/[C@H](C)CCc1ccccc1. The van der Waals surface area contributed by atoms with E-state index in [4.69, 9.17) is 0 Å². The zero-order valence-electron chi connectivity index (χ0n) is 10.1. The highest BCUT2D eigenvalue weighted by Gasteiger charge is 1.98. The number of allylic oxidation sites excluding steroid dienone is 2. The van der Waals surface area contributed by atoms with Crippen LogP contribution >= 0.6 is 0 Å². The van der Waals surface area contributed by atoms with Gasteiger partial charge in [0.2, 0.25) is 0 Å². The molecule has 0 saturated carbocycles. The van der Waals surface area contributed by atoms with Crippen LogP contribution in [0.1, 0.15) is 32.8 Å². The number of rotatable bonds is 5. The molecule has 0 aliphatic rings. The third kappa shape index (κ3) is 5.41. The highest BCUT2D eigenvalue weighted by molar-refractivity contribution is 5.14. The molecule has 82 valence electrons. The molecule has 1 rings (SSSR count). The molecule has 0 aliphatic heterocycles. The molecule has 1 aromatic rings. The lowest BCUT2D eigenvalue weighted by Gasteiger charge is -2.06. The van der Waals surface area contributed by atoms with Crippen LogP contribution < -0.4 is 0 Å². The lowest BCUT2D eigenvalue weighted by Crippen LogP contribution is -1.94. The van der Waals surface area contributed by atoms with E-state index in [1.54, 1.807) is 0 Å². The maximum Gasteiger partial charge on any atom is -0.0259 e. The summed E-state index contributed by atoms with van der Waals surface area (Å²) in [4.78, 5) is 0. The summed E-state index contributed by atoms with van der Waals surface area (Å²) >= 11 is 0. The van der Waals surface area contributed by atoms with Crippen LogP contribution in [0.4, 0.5) is 0 Å². The van der Waals surface area contributed by atoms with Crippen molar-refractivity contribution < 1.29 is 0 Å². The Hall–Kier alpha value is -1.04. The zero-order valence-corrected chi connectivity index (χ0v) is 10.1. The molecule has 0 amide bonds. The molecule has 0 saturated heterocycles. The highest BCUT2D eigenvalue weighted by atomic mass is 14.0. The second-order valence-electron chi connectivity index (χ2n) is 4.63. The summed E-state index contributed by atoms with van der Waals surface area (Å²) in [5.74, 6) is 1.36. The fourth-order valence-corrected chi connectivity index (χ4v) is 1.55. The number of hydrogen-bond acceptors (Lipinski definition) is 0. The van der Waals surface area contributed by atoms with E-state index in [0.29, 0.717) is 11.8 Å². The van der Waals surface area contributed by atoms with Crippen molar-refractivity contribution in [3.05, 3.63) is 48.0 Å². The van der Waals surface area contributed by atoms with Gasteiger partial charge in [-0.3, -0.25) is 0 Å². The van der Waals surface area contributed by atoms with E-state index in [1.165, 1.54) is 18.4 Å². The quantitative estimate of drug-likeness (QED) is 0.618. The average Bonchev–Trinajstić information content (AvgIpc) is 2.25. The van der Waals surface area contributed by atoms with Crippen molar-refractivity contribution in [1.82, 2.24) is 0 Å². The van der Waals surface area contributed by atoms with E-state index in [9.17, 15) is 0 Å². The van der Waals surface area contributed by atoms with Gasteiger partial charge in [0.05, 0.1) is 0 Å². The maximum atomic E-state index is 2.34. The Morgan fingerprint density at radius 1 is 1.00 bits per heavy atom. The molecule has 0 bridgehead atoms. The van der Waals surface area contributed by atoms with Gasteiger partial charge in [-0.15, -0.1) is 0 Å².